The molecule has 2 aliphatic heterocycles. The second-order valence-electron chi connectivity index (χ2n) is 21.6. The van der Waals surface area contributed by atoms with Crippen LogP contribution >= 0.6 is 45.1 Å². The van der Waals surface area contributed by atoms with Crippen LogP contribution < -0.4 is 90.8 Å². The quantitative estimate of drug-likeness (QED) is 0.00868. The molecule has 2 saturated heterocycles. The topological polar surface area (TPSA) is 408 Å². The van der Waals surface area contributed by atoms with Gasteiger partial charge in [-0.15, -0.1) is 0 Å². The van der Waals surface area contributed by atoms with Gasteiger partial charge in [0.2, 0.25) is 23.5 Å². The molecule has 2 heterocycles. The Labute approximate surface area is 606 Å². The maximum absolute atomic E-state index is 13.0. The summed E-state index contributed by atoms with van der Waals surface area (Å²) in [5, 5.41) is 92.1. The summed E-state index contributed by atoms with van der Waals surface area (Å²) in [6.07, 6.45) is -11.4. The van der Waals surface area contributed by atoms with Gasteiger partial charge < -0.3 is 96.3 Å². The number of rotatable bonds is 38. The van der Waals surface area contributed by atoms with Crippen LogP contribution in [0.25, 0.3) is 22.3 Å². The number of amides is 5. The maximum atomic E-state index is 13.0. The molecule has 12 atom stereocenters. The average molecular weight is 1400 g/mol. The molecule has 0 bridgehead atoms. The summed E-state index contributed by atoms with van der Waals surface area (Å²) in [4.78, 5) is 100. The molecule has 0 radical (unpaired) electrons. The van der Waals surface area contributed by atoms with Gasteiger partial charge in [0, 0.05) is 76.2 Å². The summed E-state index contributed by atoms with van der Waals surface area (Å²) in [5.74, 6) is -6.63. The molecule has 31 heteroatoms. The van der Waals surface area contributed by atoms with Crippen LogP contribution in [0.15, 0.2) is 109 Å². The van der Waals surface area contributed by atoms with Crippen molar-refractivity contribution in [2.24, 2.45) is 0 Å². The molecule has 2 fully saturated rings. The van der Waals surface area contributed by atoms with Gasteiger partial charge in [0.1, 0.15) is 36.2 Å². The van der Waals surface area contributed by atoms with Crippen LogP contribution in [-0.2, 0) is 47.7 Å². The number of aliphatic hydroxyl groups is 6. The fraction of sp³-hybridized carbons (Fsp3) is 0.492. The van der Waals surface area contributed by atoms with Gasteiger partial charge in [-0.25, -0.2) is 6.29 Å². The van der Waals surface area contributed by atoms with E-state index in [0.29, 0.717) is 60.8 Å². The second kappa shape index (κ2) is 43.4. The van der Waals surface area contributed by atoms with E-state index in [1.807, 2.05) is 60.7 Å². The van der Waals surface area contributed by atoms with E-state index in [-0.39, 0.29) is 107 Å². The van der Waals surface area contributed by atoms with Crippen molar-refractivity contribution in [2.45, 2.75) is 125 Å². The number of hydrogen-bond donors (Lipinski definition) is 11. The predicted molar refractivity (Wildman–Crippen MR) is 345 cm³/mol. The van der Waals surface area contributed by atoms with Crippen LogP contribution in [0.1, 0.15) is 73.1 Å². The molecule has 0 aromatic heterocycles. The number of carboxylic acids is 1. The molecule has 0 saturated carbocycles. The third-order valence-corrected chi connectivity index (χ3v) is 19.0. The summed E-state index contributed by atoms with van der Waals surface area (Å²) >= 11 is 2.99. The molecular weight excluding hydrogens is 1320 g/mol. The van der Waals surface area contributed by atoms with Crippen molar-refractivity contribution in [1.82, 2.24) is 26.6 Å². The van der Waals surface area contributed by atoms with Crippen molar-refractivity contribution in [2.75, 3.05) is 67.4 Å². The van der Waals surface area contributed by atoms with E-state index in [2.05, 4.69) is 26.6 Å². The number of ether oxygens (including phenoxy) is 4. The Morgan fingerprint density at radius 2 is 1.03 bits per heavy atom. The first-order chi connectivity index (χ1) is 43.6. The Morgan fingerprint density at radius 1 is 0.596 bits per heavy atom. The third kappa shape index (κ3) is 26.7. The number of nitrogens with one attached hydrogen (secondary N) is 5. The van der Waals surface area contributed by atoms with Gasteiger partial charge in [-0.3, -0.25) is 28.8 Å². The molecule has 5 amide bonds. The Balaban J connectivity index is 0.00000768. The van der Waals surface area contributed by atoms with Crippen molar-refractivity contribution >= 4 is 92.7 Å². The van der Waals surface area contributed by atoms with Crippen LogP contribution in [0.5, 0.6) is 0 Å². The van der Waals surface area contributed by atoms with Crippen LogP contribution in [0.4, 0.5) is 0 Å². The number of aliphatic hydroxyl groups excluding tert-OH is 6. The number of Topliss-reactive ketones (excluding diaryl/α,β-unsaturated/α-hetero) is 1. The molecule has 94 heavy (non-hydrogen) atoms. The van der Waals surface area contributed by atoms with Gasteiger partial charge in [0.15, 0.2) is 0 Å². The Hall–Kier alpha value is -4.00. The molecule has 12 N–H and O–H groups in total. The number of hydrogen-bond acceptors (Lipinski definition) is 24. The Kier molecular flexibility index (Phi) is 38.9. The largest absolute Gasteiger partial charge is 1.00 e. The van der Waals surface area contributed by atoms with Crippen LogP contribution in [-0.4, -0.2) is 224 Å². The average Bonchev–Trinajstić information content (AvgIpc) is 0.781. The number of carboxylic acid groups (broad SMARTS) is 1. The normalized spacial score (nSPS) is 22.0. The molecule has 4 aromatic rings. The molecule has 0 spiro atoms. The van der Waals surface area contributed by atoms with Gasteiger partial charge in [0.25, 0.3) is 11.8 Å². The number of benzene rings is 4. The summed E-state index contributed by atoms with van der Waals surface area (Å²) < 4.78 is 23.1. The van der Waals surface area contributed by atoms with E-state index in [1.165, 1.54) is 52.0 Å². The summed E-state index contributed by atoms with van der Waals surface area (Å²) in [7, 11) is 2.51. The standard InChI is InChI=1S/C63H80N5O19S4.2Na.H2O/c1-39(70)67-53-48(73)32-62(38-69,86-57(53)55(78)50(75)34-65-59(80)45-21-17-43(18-22-45)41-12-5-3-6-13-41)84-26-10-30-89-31-25-64-52(77)37-91-90-36-47(72)16-9-28-88-29-11-27-85-63(61(82)83)33-49(74)54(68-40(2)71)58(87-63)56(79)51(76)35-66-60(81)46-23-19-44(20-24-46)42-14-7-4-8-15-42;;;/h3-8,12-15,17-24,48-51,53-58,73-76,78-79H,9-11,16,25-37H2,1-2H3,(H,64,77)(H,65,80)(H,66,81)(H,67,70)(H,68,71)(H,82,83);;;1H2/q-1;2*+1;/p-2/t48-,49-,50+,51+,53+,54+,55+,56+,57+,58+,62+,63+;;;/m0.../s1. The smallest absolute Gasteiger partial charge is 0.870 e. The van der Waals surface area contributed by atoms with E-state index >= 15 is 0 Å². The molecule has 25 nitrogen and oxygen atoms in total. The third-order valence-electron chi connectivity index (χ3n) is 14.6. The van der Waals surface area contributed by atoms with Gasteiger partial charge in [0.05, 0.1) is 60.4 Å². The fourth-order valence-corrected chi connectivity index (χ4v) is 13.4. The van der Waals surface area contributed by atoms with Crippen LogP contribution in [0, 0.1) is 0 Å². The number of thioether (sulfide) groups is 2. The minimum atomic E-state index is -2.57. The Morgan fingerprint density at radius 3 is 1.51 bits per heavy atom. The van der Waals surface area contributed by atoms with Gasteiger partial charge >= 0.3 is 59.1 Å². The SMILES string of the molecule is CC(=O)N[C@H]1[C@H]([C@H](O)[C@H](O)CNC(=O)c2ccc(-c3ccccc3)cc2)O[C@]([C-]=O)(OCCCSCCNC(=O)CSSCC(=O)CCCSCCCO[C@]2(C(=O)[O-])C[C@H](O)[C@@H](NC(C)=O)[C@H]([C@H](O)[C@H](O)CNC(=O)c3ccc(-c4ccccc4)cc3)O2)C[C@@H]1O.[Na+].[Na+].[OH-]. The van der Waals surface area contributed by atoms with Crippen molar-refractivity contribution in [3.63, 3.8) is 0 Å². The van der Waals surface area contributed by atoms with E-state index in [1.54, 1.807) is 54.8 Å². The molecule has 504 valence electrons. The van der Waals surface area contributed by atoms with Crippen molar-refractivity contribution in [1.29, 1.82) is 0 Å². The molecular formula is C63H80N5Na2O20S4-. The first-order valence-electron chi connectivity index (χ1n) is 29.6. The zero-order valence-corrected chi connectivity index (χ0v) is 60.0. The summed E-state index contributed by atoms with van der Waals surface area (Å²) in [5.41, 5.74) is 4.24. The minimum Gasteiger partial charge on any atom is -0.870 e. The van der Waals surface area contributed by atoms with Crippen molar-refractivity contribution in [3.05, 3.63) is 120 Å². The molecule has 2 aliphatic rings. The molecule has 0 aliphatic carbocycles. The zero-order valence-electron chi connectivity index (χ0n) is 52.8. The second-order valence-corrected chi connectivity index (χ2v) is 26.5. The summed E-state index contributed by atoms with van der Waals surface area (Å²) in [6, 6.07) is 29.9. The minimum absolute atomic E-state index is 0. The number of carbonyl (C=O) groups is 7. The molecule has 4 aromatic carbocycles. The number of ketones is 1. The van der Waals surface area contributed by atoms with Gasteiger partial charge in [-0.1, -0.05) is 107 Å². The number of aliphatic carboxylic acids is 1. The molecule has 6 rings (SSSR count). The number of carbonyl (C=O) groups excluding carboxylic acids is 8. The molecule has 0 unspecified atom stereocenters. The van der Waals surface area contributed by atoms with E-state index in [4.69, 9.17) is 18.9 Å². The van der Waals surface area contributed by atoms with Gasteiger partial charge in [-0.2, -0.15) is 23.5 Å². The predicted octanol–water partition coefficient (Wildman–Crippen LogP) is -4.86. The summed E-state index contributed by atoms with van der Waals surface area (Å²) in [6.45, 7) is 1.51. The zero-order chi connectivity index (χ0) is 65.9. The van der Waals surface area contributed by atoms with Crippen LogP contribution in [0.2, 0.25) is 0 Å². The monoisotopic (exact) mass is 1400 g/mol. The first-order valence-corrected chi connectivity index (χ1v) is 34.4. The maximum Gasteiger partial charge on any atom is 1.00 e. The van der Waals surface area contributed by atoms with Crippen molar-refractivity contribution < 1.29 is 158 Å². The fourth-order valence-electron chi connectivity index (χ4n) is 9.91. The van der Waals surface area contributed by atoms with E-state index in [9.17, 15) is 74.1 Å². The van der Waals surface area contributed by atoms with Gasteiger partial charge in [-0.05, 0) is 83.0 Å². The Bertz CT molecular complexity index is 3000. The first kappa shape index (κ1) is 84.2. The van der Waals surface area contributed by atoms with Crippen molar-refractivity contribution in [3.8, 4) is 22.3 Å². The van der Waals surface area contributed by atoms with E-state index < -0.39 is 128 Å². The van der Waals surface area contributed by atoms with E-state index in [0.717, 1.165) is 29.2 Å². The van der Waals surface area contributed by atoms with Crippen LogP contribution in [0.3, 0.4) is 0 Å².